The summed E-state index contributed by atoms with van der Waals surface area (Å²) in [5, 5.41) is 17.3. The number of rotatable bonds is 1. The first-order valence-electron chi connectivity index (χ1n) is 3.18. The topological polar surface area (TPSA) is 44.0 Å². The average Bonchev–Trinajstić information content (AvgIpc) is 2.03. The lowest BCUT2D eigenvalue weighted by Crippen LogP contribution is -1.95. The third-order valence-electron chi connectivity index (χ3n) is 1.44. The fourth-order valence-electron chi connectivity index (χ4n) is 0.864. The zero-order valence-corrected chi connectivity index (χ0v) is 8.17. The van der Waals surface area contributed by atoms with E-state index >= 15 is 0 Å². The lowest BCUT2D eigenvalue weighted by molar-refractivity contribution is 0.275. The van der Waals surface area contributed by atoms with Crippen LogP contribution in [0.3, 0.4) is 0 Å². The Hall–Kier alpha value is -0.670. The molecule has 0 saturated heterocycles. The Morgan fingerprint density at radius 3 is 2.75 bits per heavy atom. The monoisotopic (exact) mass is 277 g/mol. The van der Waals surface area contributed by atoms with Crippen LogP contribution in [0.2, 0.25) is 0 Å². The third-order valence-corrected chi connectivity index (χ3v) is 2.06. The van der Waals surface area contributed by atoms with E-state index in [1.54, 1.807) is 0 Å². The molecule has 1 aromatic carbocycles. The van der Waals surface area contributed by atoms with E-state index in [0.29, 0.717) is 3.57 Å². The first-order chi connectivity index (χ1) is 5.69. The molecule has 12 heavy (non-hydrogen) atoms. The zero-order chi connectivity index (χ0) is 9.14. The molecule has 0 saturated carbocycles. The van der Waals surface area contributed by atoms with E-state index in [1.807, 2.05) is 28.7 Å². The Labute approximate surface area is 82.8 Å². The van der Waals surface area contributed by atoms with E-state index in [4.69, 9.17) is 10.4 Å². The van der Waals surface area contributed by atoms with Gasteiger partial charge in [-0.25, -0.2) is 4.39 Å². The smallest absolute Gasteiger partial charge is 0.131 e. The molecule has 0 unspecified atom stereocenters. The molecule has 1 rings (SSSR count). The van der Waals surface area contributed by atoms with Crippen molar-refractivity contribution < 1.29 is 9.50 Å². The summed E-state index contributed by atoms with van der Waals surface area (Å²) in [5.74, 6) is -0.527. The molecule has 0 amide bonds. The summed E-state index contributed by atoms with van der Waals surface area (Å²) in [6.45, 7) is -0.439. The molecular weight excluding hydrogens is 272 g/mol. The van der Waals surface area contributed by atoms with E-state index in [2.05, 4.69) is 0 Å². The molecule has 0 spiro atoms. The van der Waals surface area contributed by atoms with Crippen LogP contribution in [-0.2, 0) is 6.61 Å². The molecule has 0 radical (unpaired) electrons. The largest absolute Gasteiger partial charge is 0.392 e. The molecule has 0 atom stereocenters. The van der Waals surface area contributed by atoms with Gasteiger partial charge in [0.05, 0.1) is 18.2 Å². The molecule has 0 aliphatic carbocycles. The summed E-state index contributed by atoms with van der Waals surface area (Å²) in [6, 6.07) is 4.64. The Kier molecular flexibility index (Phi) is 3.00. The van der Waals surface area contributed by atoms with Gasteiger partial charge in [0.25, 0.3) is 0 Å². The van der Waals surface area contributed by atoms with E-state index < -0.39 is 12.4 Å². The van der Waals surface area contributed by atoms with Crippen molar-refractivity contribution in [2.75, 3.05) is 0 Å². The standard InChI is InChI=1S/C8H5FINO/c9-8-2-6(10)1-5(3-11)7(8)4-12/h1-2,12H,4H2. The van der Waals surface area contributed by atoms with Crippen LogP contribution in [0.5, 0.6) is 0 Å². The Balaban J connectivity index is 3.36. The molecule has 2 nitrogen and oxygen atoms in total. The number of halogens is 2. The minimum Gasteiger partial charge on any atom is -0.392 e. The van der Waals surface area contributed by atoms with Crippen LogP contribution in [0.25, 0.3) is 0 Å². The Bertz CT molecular complexity index is 346. The Morgan fingerprint density at radius 2 is 2.25 bits per heavy atom. The van der Waals surface area contributed by atoms with Gasteiger partial charge in [-0.3, -0.25) is 0 Å². The fourth-order valence-corrected chi connectivity index (χ4v) is 1.45. The van der Waals surface area contributed by atoms with Gasteiger partial charge in [-0.15, -0.1) is 0 Å². The number of nitrogens with zero attached hydrogens (tertiary/aromatic N) is 1. The van der Waals surface area contributed by atoms with Crippen molar-refractivity contribution in [3.63, 3.8) is 0 Å². The van der Waals surface area contributed by atoms with Gasteiger partial charge >= 0.3 is 0 Å². The molecule has 0 aliphatic heterocycles. The van der Waals surface area contributed by atoms with E-state index in [9.17, 15) is 4.39 Å². The predicted molar refractivity (Wildman–Crippen MR) is 49.8 cm³/mol. The number of nitriles is 1. The SMILES string of the molecule is N#Cc1cc(I)cc(F)c1CO. The summed E-state index contributed by atoms with van der Waals surface area (Å²) in [5.41, 5.74) is 0.264. The maximum absolute atomic E-state index is 13.0. The highest BCUT2D eigenvalue weighted by atomic mass is 127. The highest BCUT2D eigenvalue weighted by Gasteiger charge is 2.08. The minimum atomic E-state index is -0.527. The summed E-state index contributed by atoms with van der Waals surface area (Å²) >= 11 is 1.91. The minimum absolute atomic E-state index is 0.0675. The van der Waals surface area contributed by atoms with E-state index in [-0.39, 0.29) is 11.1 Å². The third kappa shape index (κ3) is 1.73. The number of hydrogen-bond donors (Lipinski definition) is 1. The van der Waals surface area contributed by atoms with Gasteiger partial charge < -0.3 is 5.11 Å². The molecule has 0 aromatic heterocycles. The second-order valence-corrected chi connectivity index (χ2v) is 3.43. The maximum Gasteiger partial charge on any atom is 0.131 e. The van der Waals surface area contributed by atoms with Crippen molar-refractivity contribution in [3.05, 3.63) is 32.6 Å². The van der Waals surface area contributed by atoms with Crippen molar-refractivity contribution in [3.8, 4) is 6.07 Å². The van der Waals surface area contributed by atoms with Crippen LogP contribution in [0, 0.1) is 20.7 Å². The molecule has 0 heterocycles. The van der Waals surface area contributed by atoms with Crippen molar-refractivity contribution in [2.45, 2.75) is 6.61 Å². The average molecular weight is 277 g/mol. The normalized spacial score (nSPS) is 9.50. The summed E-state index contributed by atoms with van der Waals surface area (Å²) < 4.78 is 13.6. The number of aliphatic hydroxyl groups is 1. The van der Waals surface area contributed by atoms with E-state index in [0.717, 1.165) is 0 Å². The lowest BCUT2D eigenvalue weighted by atomic mass is 10.1. The Morgan fingerprint density at radius 1 is 1.58 bits per heavy atom. The van der Waals surface area contributed by atoms with Gasteiger partial charge in [0.2, 0.25) is 0 Å². The summed E-state index contributed by atoms with van der Waals surface area (Å²) in [7, 11) is 0. The first kappa shape index (κ1) is 9.42. The summed E-state index contributed by atoms with van der Waals surface area (Å²) in [6.07, 6.45) is 0. The highest BCUT2D eigenvalue weighted by Crippen LogP contribution is 2.17. The first-order valence-corrected chi connectivity index (χ1v) is 4.25. The fraction of sp³-hybridized carbons (Fsp3) is 0.125. The van der Waals surface area contributed by atoms with Gasteiger partial charge in [0, 0.05) is 9.13 Å². The van der Waals surface area contributed by atoms with Gasteiger partial charge in [-0.2, -0.15) is 5.26 Å². The second-order valence-electron chi connectivity index (χ2n) is 2.18. The molecular formula is C8H5FINO. The highest BCUT2D eigenvalue weighted by molar-refractivity contribution is 14.1. The number of aliphatic hydroxyl groups excluding tert-OH is 1. The molecule has 4 heteroatoms. The maximum atomic E-state index is 13.0. The van der Waals surface area contributed by atoms with Gasteiger partial charge in [-0.1, -0.05) is 0 Å². The van der Waals surface area contributed by atoms with Crippen molar-refractivity contribution in [2.24, 2.45) is 0 Å². The summed E-state index contributed by atoms with van der Waals surface area (Å²) in [4.78, 5) is 0. The molecule has 0 aliphatic rings. The van der Waals surface area contributed by atoms with Crippen LogP contribution in [-0.4, -0.2) is 5.11 Å². The van der Waals surface area contributed by atoms with E-state index in [1.165, 1.54) is 12.1 Å². The molecule has 0 bridgehead atoms. The molecule has 62 valence electrons. The molecule has 1 aromatic rings. The predicted octanol–water partition coefficient (Wildman–Crippen LogP) is 1.79. The quantitative estimate of drug-likeness (QED) is 0.795. The van der Waals surface area contributed by atoms with Crippen LogP contribution < -0.4 is 0 Å². The molecule has 0 fully saturated rings. The lowest BCUT2D eigenvalue weighted by Gasteiger charge is -2.01. The van der Waals surface area contributed by atoms with Crippen molar-refractivity contribution in [1.29, 1.82) is 5.26 Å². The van der Waals surface area contributed by atoms with Gasteiger partial charge in [0.15, 0.2) is 0 Å². The van der Waals surface area contributed by atoms with Crippen LogP contribution >= 0.6 is 22.6 Å². The van der Waals surface area contributed by atoms with Gasteiger partial charge in [0.1, 0.15) is 5.82 Å². The number of hydrogen-bond acceptors (Lipinski definition) is 2. The zero-order valence-electron chi connectivity index (χ0n) is 6.01. The molecule has 1 N–H and O–H groups in total. The van der Waals surface area contributed by atoms with Gasteiger partial charge in [-0.05, 0) is 34.7 Å². The van der Waals surface area contributed by atoms with Crippen LogP contribution in [0.15, 0.2) is 12.1 Å². The van der Waals surface area contributed by atoms with Crippen LogP contribution in [0.4, 0.5) is 4.39 Å². The van der Waals surface area contributed by atoms with Crippen LogP contribution in [0.1, 0.15) is 11.1 Å². The second kappa shape index (κ2) is 3.83. The number of benzene rings is 1. The van der Waals surface area contributed by atoms with Crippen molar-refractivity contribution in [1.82, 2.24) is 0 Å². The van der Waals surface area contributed by atoms with Crippen molar-refractivity contribution >= 4 is 22.6 Å².